The third kappa shape index (κ3) is 3.03. The van der Waals surface area contributed by atoms with E-state index in [1.165, 1.54) is 0 Å². The van der Waals surface area contributed by atoms with Crippen LogP contribution in [0.25, 0.3) is 0 Å². The predicted molar refractivity (Wildman–Crippen MR) is 66.4 cm³/mol. The molecule has 1 aromatic carbocycles. The maximum atomic E-state index is 7.41. The van der Waals surface area contributed by atoms with Crippen LogP contribution in [0.5, 0.6) is 5.75 Å². The van der Waals surface area contributed by atoms with Gasteiger partial charge >= 0.3 is 0 Å². The van der Waals surface area contributed by atoms with Gasteiger partial charge < -0.3 is 15.4 Å². The largest absolute Gasteiger partial charge is 0.495 e. The number of methoxy groups -OCH3 is 1. The molecule has 4 nitrogen and oxygen atoms in total. The first kappa shape index (κ1) is 12.6. The third-order valence-electron chi connectivity index (χ3n) is 2.32. The summed E-state index contributed by atoms with van der Waals surface area (Å²) in [7, 11) is 3.29. The highest BCUT2D eigenvalue weighted by Gasteiger charge is 2.06. The molecule has 0 aliphatic rings. The van der Waals surface area contributed by atoms with Gasteiger partial charge in [0.15, 0.2) is 5.96 Å². The molecule has 0 aliphatic heterocycles. The lowest BCUT2D eigenvalue weighted by atomic mass is 10.1. The highest BCUT2D eigenvalue weighted by Crippen LogP contribution is 2.27. The number of hydrogen-bond acceptors (Lipinski definition) is 2. The first-order valence-corrected chi connectivity index (χ1v) is 5.29. The summed E-state index contributed by atoms with van der Waals surface area (Å²) in [5, 5.41) is 13.6. The van der Waals surface area contributed by atoms with Crippen LogP contribution in [0.4, 0.5) is 0 Å². The molecule has 0 amide bonds. The molecule has 3 N–H and O–H groups in total. The number of benzene rings is 1. The zero-order valence-corrected chi connectivity index (χ0v) is 10.4. The Hall–Kier alpha value is -1.42. The summed E-state index contributed by atoms with van der Waals surface area (Å²) in [6.07, 6.45) is 0. The van der Waals surface area contributed by atoms with Crippen molar-refractivity contribution in [1.82, 2.24) is 10.6 Å². The molecular weight excluding hydrogens is 226 g/mol. The lowest BCUT2D eigenvalue weighted by Gasteiger charge is -2.12. The Morgan fingerprint density at radius 2 is 2.19 bits per heavy atom. The standard InChI is InChI=1S/C11H16ClN3O/c1-7-4-10(16-3)9(12)5-8(7)6-15-11(13)14-2/h4-5H,6H2,1-3H3,(H3,13,14,15). The summed E-state index contributed by atoms with van der Waals surface area (Å²) in [5.74, 6) is 0.956. The normalized spacial score (nSPS) is 9.75. The van der Waals surface area contributed by atoms with Crippen LogP contribution in [0.1, 0.15) is 11.1 Å². The van der Waals surface area contributed by atoms with Crippen molar-refractivity contribution in [2.45, 2.75) is 13.5 Å². The second kappa shape index (κ2) is 5.61. The molecule has 0 heterocycles. The van der Waals surface area contributed by atoms with Gasteiger partial charge in [0, 0.05) is 13.6 Å². The van der Waals surface area contributed by atoms with Crippen molar-refractivity contribution in [2.24, 2.45) is 0 Å². The van der Waals surface area contributed by atoms with Gasteiger partial charge in [-0.3, -0.25) is 5.41 Å². The summed E-state index contributed by atoms with van der Waals surface area (Å²) >= 11 is 6.03. The van der Waals surface area contributed by atoms with Gasteiger partial charge in [0.05, 0.1) is 12.1 Å². The van der Waals surface area contributed by atoms with Crippen molar-refractivity contribution in [3.63, 3.8) is 0 Å². The Labute approximate surface area is 100 Å². The summed E-state index contributed by atoms with van der Waals surface area (Å²) in [6, 6.07) is 3.74. The van der Waals surface area contributed by atoms with E-state index in [4.69, 9.17) is 21.7 Å². The molecule has 0 atom stereocenters. The summed E-state index contributed by atoms with van der Waals surface area (Å²) in [5.41, 5.74) is 2.13. The summed E-state index contributed by atoms with van der Waals surface area (Å²) < 4.78 is 5.12. The van der Waals surface area contributed by atoms with E-state index in [2.05, 4.69) is 10.6 Å². The average molecular weight is 242 g/mol. The van der Waals surface area contributed by atoms with Crippen LogP contribution in [0.2, 0.25) is 5.02 Å². The fourth-order valence-electron chi connectivity index (χ4n) is 1.32. The van der Waals surface area contributed by atoms with E-state index in [9.17, 15) is 0 Å². The topological polar surface area (TPSA) is 57.1 Å². The van der Waals surface area contributed by atoms with Crippen molar-refractivity contribution in [2.75, 3.05) is 14.2 Å². The maximum absolute atomic E-state index is 7.41. The molecule has 0 aromatic heterocycles. The molecule has 0 aliphatic carbocycles. The summed E-state index contributed by atoms with van der Waals surface area (Å²) in [6.45, 7) is 2.55. The van der Waals surface area contributed by atoms with Crippen LogP contribution < -0.4 is 15.4 Å². The minimum Gasteiger partial charge on any atom is -0.495 e. The van der Waals surface area contributed by atoms with E-state index in [1.807, 2.05) is 19.1 Å². The number of nitrogens with one attached hydrogen (secondary N) is 3. The van der Waals surface area contributed by atoms with Gasteiger partial charge in [0.25, 0.3) is 0 Å². The lowest BCUT2D eigenvalue weighted by Crippen LogP contribution is -2.33. The van der Waals surface area contributed by atoms with Gasteiger partial charge in [0.1, 0.15) is 5.75 Å². The quantitative estimate of drug-likeness (QED) is 0.560. The molecule has 0 fully saturated rings. The van der Waals surface area contributed by atoms with Crippen LogP contribution in [0.15, 0.2) is 12.1 Å². The highest BCUT2D eigenvalue weighted by molar-refractivity contribution is 6.32. The molecule has 5 heteroatoms. The van der Waals surface area contributed by atoms with Crippen molar-refractivity contribution in [3.05, 3.63) is 28.3 Å². The molecule has 0 saturated heterocycles. The molecule has 0 unspecified atom stereocenters. The number of ether oxygens (including phenoxy) is 1. The number of guanidine groups is 1. The molecule has 0 saturated carbocycles. The Morgan fingerprint density at radius 3 is 2.75 bits per heavy atom. The smallest absolute Gasteiger partial charge is 0.188 e. The fourth-order valence-corrected chi connectivity index (χ4v) is 1.58. The van der Waals surface area contributed by atoms with Crippen LogP contribution in [-0.2, 0) is 6.54 Å². The van der Waals surface area contributed by atoms with E-state index in [0.717, 1.165) is 11.1 Å². The molecule has 16 heavy (non-hydrogen) atoms. The van der Waals surface area contributed by atoms with Crippen LogP contribution in [0.3, 0.4) is 0 Å². The van der Waals surface area contributed by atoms with Gasteiger partial charge in [0.2, 0.25) is 0 Å². The third-order valence-corrected chi connectivity index (χ3v) is 2.61. The zero-order chi connectivity index (χ0) is 12.1. The van der Waals surface area contributed by atoms with Gasteiger partial charge in [-0.1, -0.05) is 11.6 Å². The molecule has 1 rings (SSSR count). The van der Waals surface area contributed by atoms with Gasteiger partial charge in [-0.15, -0.1) is 0 Å². The number of aryl methyl sites for hydroxylation is 1. The average Bonchev–Trinajstić information content (AvgIpc) is 2.29. The molecule has 0 bridgehead atoms. The molecule has 88 valence electrons. The number of halogens is 1. The van der Waals surface area contributed by atoms with Crippen molar-refractivity contribution >= 4 is 17.6 Å². The Morgan fingerprint density at radius 1 is 1.50 bits per heavy atom. The predicted octanol–water partition coefficient (Wildman–Crippen LogP) is 1.90. The van der Waals surface area contributed by atoms with Crippen LogP contribution in [-0.4, -0.2) is 20.1 Å². The van der Waals surface area contributed by atoms with E-state index in [0.29, 0.717) is 17.3 Å². The van der Waals surface area contributed by atoms with Gasteiger partial charge in [-0.05, 0) is 30.2 Å². The van der Waals surface area contributed by atoms with E-state index < -0.39 is 0 Å². The highest BCUT2D eigenvalue weighted by atomic mass is 35.5. The lowest BCUT2D eigenvalue weighted by molar-refractivity contribution is 0.414. The zero-order valence-electron chi connectivity index (χ0n) is 9.65. The van der Waals surface area contributed by atoms with E-state index >= 15 is 0 Å². The Balaban J connectivity index is 2.81. The first-order chi connectivity index (χ1) is 7.58. The second-order valence-corrected chi connectivity index (χ2v) is 3.80. The second-order valence-electron chi connectivity index (χ2n) is 3.39. The van der Waals surface area contributed by atoms with Crippen LogP contribution in [0, 0.1) is 12.3 Å². The monoisotopic (exact) mass is 241 g/mol. The number of rotatable bonds is 3. The van der Waals surface area contributed by atoms with Gasteiger partial charge in [-0.2, -0.15) is 0 Å². The minimum absolute atomic E-state index is 0.284. The SMILES string of the molecule is CNC(=N)NCc1cc(Cl)c(OC)cc1C. The molecule has 1 aromatic rings. The van der Waals surface area contributed by atoms with E-state index in [1.54, 1.807) is 14.2 Å². The molecule has 0 radical (unpaired) electrons. The molecule has 0 spiro atoms. The van der Waals surface area contributed by atoms with Crippen molar-refractivity contribution in [3.8, 4) is 5.75 Å². The Kier molecular flexibility index (Phi) is 4.43. The van der Waals surface area contributed by atoms with Crippen LogP contribution >= 0.6 is 11.6 Å². The molecular formula is C11H16ClN3O. The van der Waals surface area contributed by atoms with E-state index in [-0.39, 0.29) is 5.96 Å². The minimum atomic E-state index is 0.284. The maximum Gasteiger partial charge on any atom is 0.188 e. The first-order valence-electron chi connectivity index (χ1n) is 4.91. The Bertz CT molecular complexity index is 393. The van der Waals surface area contributed by atoms with Crippen molar-refractivity contribution < 1.29 is 4.74 Å². The van der Waals surface area contributed by atoms with Gasteiger partial charge in [-0.25, -0.2) is 0 Å². The summed E-state index contributed by atoms with van der Waals surface area (Å²) in [4.78, 5) is 0. The fraction of sp³-hybridized carbons (Fsp3) is 0.364. The van der Waals surface area contributed by atoms with Crippen molar-refractivity contribution in [1.29, 1.82) is 5.41 Å². The number of hydrogen-bond donors (Lipinski definition) is 3.